The van der Waals surface area contributed by atoms with Gasteiger partial charge in [-0.2, -0.15) is 0 Å². The van der Waals surface area contributed by atoms with Gasteiger partial charge >= 0.3 is 0 Å². The molecule has 1 N–H and O–H groups in total. The van der Waals surface area contributed by atoms with Gasteiger partial charge in [-0.3, -0.25) is 14.6 Å². The van der Waals surface area contributed by atoms with Crippen LogP contribution in [0.5, 0.6) is 5.75 Å². The first-order valence-corrected chi connectivity index (χ1v) is 10.2. The third kappa shape index (κ3) is 3.40. The van der Waals surface area contributed by atoms with Gasteiger partial charge in [-0.1, -0.05) is 0 Å². The number of morpholine rings is 1. The second-order valence-corrected chi connectivity index (χ2v) is 7.91. The minimum absolute atomic E-state index is 0.234. The van der Waals surface area contributed by atoms with E-state index < -0.39 is 11.6 Å². The number of thiocarbonyl (C=S) groups is 1. The zero-order chi connectivity index (χ0) is 21.5. The molecule has 30 heavy (non-hydrogen) atoms. The van der Waals surface area contributed by atoms with E-state index in [9.17, 15) is 9.90 Å². The first-order valence-electron chi connectivity index (χ1n) is 9.83. The molecule has 1 unspecified atom stereocenters. The molecular formula is C22H25N3O4S. The van der Waals surface area contributed by atoms with E-state index in [1.165, 1.54) is 16.7 Å². The first kappa shape index (κ1) is 20.6. The zero-order valence-corrected chi connectivity index (χ0v) is 18.1. The van der Waals surface area contributed by atoms with Crippen LogP contribution in [-0.4, -0.2) is 55.3 Å². The quantitative estimate of drug-likeness (QED) is 0.753. The minimum atomic E-state index is -1.79. The van der Waals surface area contributed by atoms with Gasteiger partial charge in [0.2, 0.25) is 5.72 Å². The Kier molecular flexibility index (Phi) is 5.40. The molecule has 0 saturated carbocycles. The lowest BCUT2D eigenvalue weighted by Crippen LogP contribution is -2.47. The van der Waals surface area contributed by atoms with Crippen molar-refractivity contribution in [2.24, 2.45) is 0 Å². The van der Waals surface area contributed by atoms with Gasteiger partial charge in [-0.15, -0.1) is 0 Å². The van der Waals surface area contributed by atoms with E-state index in [2.05, 4.69) is 4.90 Å². The number of aryl methyl sites for hydroxylation is 1. The van der Waals surface area contributed by atoms with Crippen molar-refractivity contribution in [3.05, 3.63) is 48.0 Å². The Labute approximate surface area is 181 Å². The summed E-state index contributed by atoms with van der Waals surface area (Å²) in [6.45, 7) is 6.43. The minimum Gasteiger partial charge on any atom is -0.497 e. The number of benzene rings is 2. The zero-order valence-electron chi connectivity index (χ0n) is 17.3. The van der Waals surface area contributed by atoms with E-state index in [0.29, 0.717) is 30.3 Å². The molecule has 0 bridgehead atoms. The van der Waals surface area contributed by atoms with Gasteiger partial charge in [-0.05, 0) is 74.1 Å². The molecule has 2 saturated heterocycles. The van der Waals surface area contributed by atoms with Gasteiger partial charge in [-0.25, -0.2) is 0 Å². The highest BCUT2D eigenvalue weighted by atomic mass is 32.1. The van der Waals surface area contributed by atoms with E-state index >= 15 is 0 Å². The van der Waals surface area contributed by atoms with Crippen LogP contribution in [0, 0.1) is 6.92 Å². The maximum atomic E-state index is 13.1. The van der Waals surface area contributed by atoms with Crippen LogP contribution in [-0.2, 0) is 9.53 Å². The maximum Gasteiger partial charge on any atom is 0.286 e. The number of carbonyl (C=O) groups is 1. The molecule has 0 spiro atoms. The van der Waals surface area contributed by atoms with E-state index in [-0.39, 0.29) is 5.11 Å². The molecule has 4 rings (SSSR count). The molecule has 7 nitrogen and oxygen atoms in total. The molecule has 1 amide bonds. The fraction of sp³-hybridized carbons (Fsp3) is 0.364. The molecule has 0 aromatic heterocycles. The van der Waals surface area contributed by atoms with Crippen LogP contribution in [0.3, 0.4) is 0 Å². The molecule has 2 aromatic carbocycles. The standard InChI is InChI=1S/C22H25N3O4S/c1-15-14-18(28-3)8-9-19(15)24-20(26)22(2,27)25(21(24)30)17-6-4-16(5-7-17)23-10-12-29-13-11-23/h4-9,14,27H,10-13H2,1-3H3. The number of hydrogen-bond donors (Lipinski definition) is 1. The Morgan fingerprint density at radius 3 is 2.33 bits per heavy atom. The first-order chi connectivity index (χ1) is 14.3. The number of methoxy groups -OCH3 is 1. The normalized spacial score (nSPS) is 22.1. The second-order valence-electron chi connectivity index (χ2n) is 7.55. The van der Waals surface area contributed by atoms with Crippen LogP contribution >= 0.6 is 12.2 Å². The van der Waals surface area contributed by atoms with Crippen LogP contribution in [0.2, 0.25) is 0 Å². The molecule has 8 heteroatoms. The fourth-order valence-corrected chi connectivity index (χ4v) is 4.36. The predicted octanol–water partition coefficient (Wildman–Crippen LogP) is 2.69. The number of nitrogens with zero attached hydrogens (tertiary/aromatic N) is 3. The SMILES string of the molecule is COc1ccc(N2C(=O)C(C)(O)N(c3ccc(N4CCOCC4)cc3)C2=S)c(C)c1. The number of rotatable bonds is 4. The summed E-state index contributed by atoms with van der Waals surface area (Å²) in [4.78, 5) is 18.3. The highest BCUT2D eigenvalue weighted by molar-refractivity contribution is 7.81. The lowest BCUT2D eigenvalue weighted by Gasteiger charge is -2.31. The van der Waals surface area contributed by atoms with Crippen molar-refractivity contribution >= 4 is 40.3 Å². The van der Waals surface area contributed by atoms with E-state index in [1.807, 2.05) is 37.3 Å². The number of aliphatic hydroxyl groups is 1. The summed E-state index contributed by atoms with van der Waals surface area (Å²) in [5.74, 6) is 0.203. The average molecular weight is 428 g/mol. The number of ether oxygens (including phenoxy) is 2. The van der Waals surface area contributed by atoms with Crippen molar-refractivity contribution in [2.45, 2.75) is 19.6 Å². The highest BCUT2D eigenvalue weighted by Crippen LogP contribution is 2.37. The predicted molar refractivity (Wildman–Crippen MR) is 120 cm³/mol. The summed E-state index contributed by atoms with van der Waals surface area (Å²) in [6, 6.07) is 13.1. The van der Waals surface area contributed by atoms with Crippen molar-refractivity contribution in [1.82, 2.24) is 0 Å². The van der Waals surface area contributed by atoms with E-state index in [0.717, 1.165) is 24.3 Å². The molecule has 158 valence electrons. The van der Waals surface area contributed by atoms with Gasteiger partial charge < -0.3 is 19.5 Å². The van der Waals surface area contributed by atoms with Crippen molar-refractivity contribution < 1.29 is 19.4 Å². The molecule has 1 atom stereocenters. The third-order valence-corrected chi connectivity index (χ3v) is 5.92. The number of anilines is 3. The largest absolute Gasteiger partial charge is 0.497 e. The van der Waals surface area contributed by atoms with Gasteiger partial charge in [0, 0.05) is 24.5 Å². The summed E-state index contributed by atoms with van der Waals surface area (Å²) in [5, 5.41) is 11.3. The summed E-state index contributed by atoms with van der Waals surface area (Å²) >= 11 is 5.64. The Morgan fingerprint density at radius 1 is 1.10 bits per heavy atom. The average Bonchev–Trinajstić information content (AvgIpc) is 2.93. The van der Waals surface area contributed by atoms with Crippen molar-refractivity contribution in [3.8, 4) is 5.75 Å². The van der Waals surface area contributed by atoms with Crippen LogP contribution < -0.4 is 19.4 Å². The highest BCUT2D eigenvalue weighted by Gasteiger charge is 2.52. The number of carbonyl (C=O) groups excluding carboxylic acids is 1. The molecule has 2 aliphatic heterocycles. The fourth-order valence-electron chi connectivity index (χ4n) is 3.89. The maximum absolute atomic E-state index is 13.1. The molecule has 2 fully saturated rings. The number of amides is 1. The van der Waals surface area contributed by atoms with Crippen LogP contribution in [0.25, 0.3) is 0 Å². The molecule has 2 heterocycles. The van der Waals surface area contributed by atoms with Crippen molar-refractivity contribution in [3.63, 3.8) is 0 Å². The summed E-state index contributed by atoms with van der Waals surface area (Å²) in [5.41, 5.74) is 1.39. The third-order valence-electron chi connectivity index (χ3n) is 5.56. The smallest absolute Gasteiger partial charge is 0.286 e. The summed E-state index contributed by atoms with van der Waals surface area (Å²) in [6.07, 6.45) is 0. The Balaban J connectivity index is 1.65. The lowest BCUT2D eigenvalue weighted by molar-refractivity contribution is -0.131. The topological polar surface area (TPSA) is 65.5 Å². The van der Waals surface area contributed by atoms with Crippen LogP contribution in [0.15, 0.2) is 42.5 Å². The Morgan fingerprint density at radius 2 is 1.73 bits per heavy atom. The molecule has 2 aromatic rings. The monoisotopic (exact) mass is 427 g/mol. The number of hydrogen-bond acceptors (Lipinski definition) is 6. The Hall–Kier alpha value is -2.68. The molecule has 0 radical (unpaired) electrons. The van der Waals surface area contributed by atoms with E-state index in [1.54, 1.807) is 19.2 Å². The van der Waals surface area contributed by atoms with Gasteiger partial charge in [0.15, 0.2) is 5.11 Å². The van der Waals surface area contributed by atoms with Crippen molar-refractivity contribution in [2.75, 3.05) is 48.1 Å². The Bertz CT molecular complexity index is 971. The van der Waals surface area contributed by atoms with Crippen molar-refractivity contribution in [1.29, 1.82) is 0 Å². The second kappa shape index (κ2) is 7.86. The van der Waals surface area contributed by atoms with Gasteiger partial charge in [0.1, 0.15) is 5.75 Å². The summed E-state index contributed by atoms with van der Waals surface area (Å²) < 4.78 is 10.7. The lowest BCUT2D eigenvalue weighted by atomic mass is 10.1. The molecular weight excluding hydrogens is 402 g/mol. The van der Waals surface area contributed by atoms with Crippen LogP contribution in [0.4, 0.5) is 17.1 Å². The molecule has 2 aliphatic rings. The summed E-state index contributed by atoms with van der Waals surface area (Å²) in [7, 11) is 1.59. The molecule has 0 aliphatic carbocycles. The van der Waals surface area contributed by atoms with E-state index in [4.69, 9.17) is 21.7 Å². The van der Waals surface area contributed by atoms with Gasteiger partial charge in [0.25, 0.3) is 5.91 Å². The van der Waals surface area contributed by atoms with Crippen LogP contribution in [0.1, 0.15) is 12.5 Å². The van der Waals surface area contributed by atoms with Gasteiger partial charge in [0.05, 0.1) is 26.0 Å².